The first-order chi connectivity index (χ1) is 9.33. The molecule has 2 saturated carbocycles. The van der Waals surface area contributed by atoms with Crippen molar-refractivity contribution in [3.63, 3.8) is 0 Å². The molecule has 1 aromatic heterocycles. The van der Waals surface area contributed by atoms with Crippen molar-refractivity contribution in [1.29, 1.82) is 0 Å². The molecule has 0 bridgehead atoms. The molecule has 19 heavy (non-hydrogen) atoms. The van der Waals surface area contributed by atoms with Gasteiger partial charge in [0.25, 0.3) is 0 Å². The highest BCUT2D eigenvalue weighted by atomic mass is 15.1. The maximum Gasteiger partial charge on any atom is 0.0595 e. The van der Waals surface area contributed by atoms with E-state index in [1.54, 1.807) is 0 Å². The number of aromatic nitrogens is 1. The van der Waals surface area contributed by atoms with Crippen molar-refractivity contribution in [2.75, 3.05) is 18.5 Å². The highest BCUT2D eigenvalue weighted by Gasteiger charge is 2.21. The molecule has 2 aliphatic rings. The molecule has 3 nitrogen and oxygen atoms in total. The van der Waals surface area contributed by atoms with E-state index in [-0.39, 0.29) is 0 Å². The third kappa shape index (κ3) is 3.47. The van der Waals surface area contributed by atoms with Crippen LogP contribution >= 0.6 is 0 Å². The third-order valence-corrected chi connectivity index (χ3v) is 4.46. The average Bonchev–Trinajstić information content (AvgIpc) is 3.13. The Balaban J connectivity index is 1.63. The van der Waals surface area contributed by atoms with Crippen LogP contribution in [0.15, 0.2) is 18.5 Å². The molecule has 2 fully saturated rings. The van der Waals surface area contributed by atoms with Crippen molar-refractivity contribution in [2.24, 2.45) is 5.92 Å². The number of hydrogen-bond donors (Lipinski definition) is 1. The van der Waals surface area contributed by atoms with Crippen molar-refractivity contribution in [1.82, 2.24) is 10.3 Å². The van der Waals surface area contributed by atoms with Crippen molar-refractivity contribution in [3.8, 4) is 0 Å². The number of nitrogens with zero attached hydrogens (tertiary/aromatic N) is 2. The smallest absolute Gasteiger partial charge is 0.0595 e. The van der Waals surface area contributed by atoms with Gasteiger partial charge in [-0.05, 0) is 43.2 Å². The Labute approximate surface area is 116 Å². The zero-order chi connectivity index (χ0) is 13.1. The molecule has 1 N–H and O–H groups in total. The molecule has 0 saturated heterocycles. The molecule has 104 valence electrons. The Bertz CT molecular complexity index is 408. The first-order valence-electron chi connectivity index (χ1n) is 7.70. The fourth-order valence-corrected chi connectivity index (χ4v) is 3.13. The molecule has 0 radical (unpaired) electrons. The normalized spacial score (nSPS) is 19.8. The maximum absolute atomic E-state index is 4.31. The summed E-state index contributed by atoms with van der Waals surface area (Å²) in [5.41, 5.74) is 2.70. The van der Waals surface area contributed by atoms with Crippen LogP contribution in [0, 0.1) is 5.92 Å². The summed E-state index contributed by atoms with van der Waals surface area (Å²) in [5, 5.41) is 3.61. The van der Waals surface area contributed by atoms with E-state index in [0.29, 0.717) is 0 Å². The standard InChI is InChI=1S/C16H25N3/c1-19(12-13-4-2-3-5-13)16-11-17-9-8-14(16)10-18-15-6-7-15/h8-9,11,13,15,18H,2-7,10,12H2,1H3. The summed E-state index contributed by atoms with van der Waals surface area (Å²) < 4.78 is 0. The summed E-state index contributed by atoms with van der Waals surface area (Å²) in [7, 11) is 2.22. The van der Waals surface area contributed by atoms with Gasteiger partial charge in [-0.3, -0.25) is 4.98 Å². The number of rotatable bonds is 6. The fraction of sp³-hybridized carbons (Fsp3) is 0.688. The molecule has 1 aromatic rings. The number of nitrogens with one attached hydrogen (secondary N) is 1. The highest BCUT2D eigenvalue weighted by molar-refractivity contribution is 5.51. The molecule has 0 atom stereocenters. The number of hydrogen-bond acceptors (Lipinski definition) is 3. The Morgan fingerprint density at radius 1 is 1.26 bits per heavy atom. The molecule has 2 aliphatic carbocycles. The first-order valence-corrected chi connectivity index (χ1v) is 7.70. The van der Waals surface area contributed by atoms with Crippen molar-refractivity contribution >= 4 is 5.69 Å². The van der Waals surface area contributed by atoms with E-state index in [1.165, 1.54) is 56.3 Å². The van der Waals surface area contributed by atoms with Crippen LogP contribution in [0.25, 0.3) is 0 Å². The van der Waals surface area contributed by atoms with Gasteiger partial charge in [-0.2, -0.15) is 0 Å². The highest BCUT2D eigenvalue weighted by Crippen LogP contribution is 2.28. The van der Waals surface area contributed by atoms with Crippen molar-refractivity contribution in [3.05, 3.63) is 24.0 Å². The molecule has 0 unspecified atom stereocenters. The summed E-state index contributed by atoms with van der Waals surface area (Å²) in [6, 6.07) is 2.93. The Hall–Kier alpha value is -1.09. The SMILES string of the molecule is CN(CC1CCCC1)c1cnccc1CNC1CC1. The van der Waals surface area contributed by atoms with Gasteiger partial charge in [-0.25, -0.2) is 0 Å². The summed E-state index contributed by atoms with van der Waals surface area (Å²) in [6.07, 6.45) is 12.3. The third-order valence-electron chi connectivity index (χ3n) is 4.46. The van der Waals surface area contributed by atoms with Gasteiger partial charge in [-0.1, -0.05) is 12.8 Å². The number of pyridine rings is 1. The number of anilines is 1. The molecule has 0 amide bonds. The second-order valence-electron chi connectivity index (χ2n) is 6.19. The van der Waals surface area contributed by atoms with Gasteiger partial charge in [0.15, 0.2) is 0 Å². The van der Waals surface area contributed by atoms with Crippen LogP contribution in [0.4, 0.5) is 5.69 Å². The lowest BCUT2D eigenvalue weighted by Gasteiger charge is -2.25. The Morgan fingerprint density at radius 2 is 2.05 bits per heavy atom. The van der Waals surface area contributed by atoms with Gasteiger partial charge in [0.1, 0.15) is 0 Å². The quantitative estimate of drug-likeness (QED) is 0.851. The van der Waals surface area contributed by atoms with Crippen LogP contribution in [-0.2, 0) is 6.54 Å². The van der Waals surface area contributed by atoms with Crippen LogP contribution in [0.5, 0.6) is 0 Å². The summed E-state index contributed by atoms with van der Waals surface area (Å²) in [6.45, 7) is 2.17. The van der Waals surface area contributed by atoms with E-state index in [0.717, 1.165) is 18.5 Å². The van der Waals surface area contributed by atoms with Gasteiger partial charge in [-0.15, -0.1) is 0 Å². The monoisotopic (exact) mass is 259 g/mol. The predicted octanol–water partition coefficient (Wildman–Crippen LogP) is 2.96. The van der Waals surface area contributed by atoms with Gasteiger partial charge in [0, 0.05) is 32.4 Å². The summed E-state index contributed by atoms with van der Waals surface area (Å²) >= 11 is 0. The van der Waals surface area contributed by atoms with Crippen LogP contribution in [0.2, 0.25) is 0 Å². The largest absolute Gasteiger partial charge is 0.373 e. The topological polar surface area (TPSA) is 28.2 Å². The zero-order valence-corrected chi connectivity index (χ0v) is 11.9. The predicted molar refractivity (Wildman–Crippen MR) is 79.3 cm³/mol. The van der Waals surface area contributed by atoms with Crippen LogP contribution in [0.3, 0.4) is 0 Å². The van der Waals surface area contributed by atoms with E-state index < -0.39 is 0 Å². The van der Waals surface area contributed by atoms with Gasteiger partial charge >= 0.3 is 0 Å². The van der Waals surface area contributed by atoms with Gasteiger partial charge in [0.05, 0.1) is 11.9 Å². The minimum Gasteiger partial charge on any atom is -0.373 e. The average molecular weight is 259 g/mol. The van der Waals surface area contributed by atoms with E-state index in [4.69, 9.17) is 0 Å². The van der Waals surface area contributed by atoms with Gasteiger partial charge in [0.2, 0.25) is 0 Å². The lowest BCUT2D eigenvalue weighted by Crippen LogP contribution is -2.26. The summed E-state index contributed by atoms with van der Waals surface area (Å²) in [4.78, 5) is 6.72. The summed E-state index contributed by atoms with van der Waals surface area (Å²) in [5.74, 6) is 0.884. The van der Waals surface area contributed by atoms with E-state index in [1.807, 2.05) is 12.4 Å². The Kier molecular flexibility index (Phi) is 4.02. The van der Waals surface area contributed by atoms with E-state index >= 15 is 0 Å². The van der Waals surface area contributed by atoms with Crippen LogP contribution in [0.1, 0.15) is 44.1 Å². The van der Waals surface area contributed by atoms with Crippen molar-refractivity contribution in [2.45, 2.75) is 51.1 Å². The van der Waals surface area contributed by atoms with Crippen LogP contribution < -0.4 is 10.2 Å². The molecular formula is C16H25N3. The molecular weight excluding hydrogens is 234 g/mol. The maximum atomic E-state index is 4.31. The zero-order valence-electron chi connectivity index (χ0n) is 11.9. The first kappa shape index (κ1) is 12.9. The molecule has 0 spiro atoms. The molecule has 1 heterocycles. The van der Waals surface area contributed by atoms with Gasteiger partial charge < -0.3 is 10.2 Å². The fourth-order valence-electron chi connectivity index (χ4n) is 3.13. The minimum atomic E-state index is 0.765. The Morgan fingerprint density at radius 3 is 2.79 bits per heavy atom. The molecule has 3 rings (SSSR count). The van der Waals surface area contributed by atoms with Crippen LogP contribution in [-0.4, -0.2) is 24.6 Å². The second-order valence-corrected chi connectivity index (χ2v) is 6.19. The van der Waals surface area contributed by atoms with E-state index in [2.05, 4.69) is 28.3 Å². The van der Waals surface area contributed by atoms with E-state index in [9.17, 15) is 0 Å². The second kappa shape index (κ2) is 5.91. The van der Waals surface area contributed by atoms with Crippen molar-refractivity contribution < 1.29 is 0 Å². The molecule has 3 heteroatoms. The lowest BCUT2D eigenvalue weighted by molar-refractivity contribution is 0.545. The minimum absolute atomic E-state index is 0.765. The molecule has 0 aromatic carbocycles. The lowest BCUT2D eigenvalue weighted by atomic mass is 10.1. The molecule has 0 aliphatic heterocycles.